The molecule has 1 saturated heterocycles. The van der Waals surface area contributed by atoms with Crippen molar-refractivity contribution in [2.24, 2.45) is 5.41 Å². The quantitative estimate of drug-likeness (QED) is 0.684. The lowest BCUT2D eigenvalue weighted by Crippen LogP contribution is -2.45. The first-order valence-corrected chi connectivity index (χ1v) is 5.69. The molecule has 0 bridgehead atoms. The van der Waals surface area contributed by atoms with Crippen molar-refractivity contribution in [2.75, 3.05) is 13.1 Å². The molecule has 17 heavy (non-hydrogen) atoms. The second-order valence-electron chi connectivity index (χ2n) is 5.62. The van der Waals surface area contributed by atoms with Crippen LogP contribution in [0.5, 0.6) is 0 Å². The third-order valence-corrected chi connectivity index (χ3v) is 2.90. The van der Waals surface area contributed by atoms with E-state index in [1.807, 2.05) is 20.8 Å². The molecule has 0 aromatic heterocycles. The molecule has 0 aromatic rings. The fraction of sp³-hybridized carbons (Fsp3) is 0.909. The van der Waals surface area contributed by atoms with Crippen LogP contribution in [0, 0.1) is 5.41 Å². The van der Waals surface area contributed by atoms with Crippen LogP contribution in [0.3, 0.4) is 0 Å². The molecule has 1 amide bonds. The van der Waals surface area contributed by atoms with Gasteiger partial charge in [0.25, 0.3) is 5.92 Å². The molecule has 1 heterocycles. The van der Waals surface area contributed by atoms with Crippen LogP contribution in [0.4, 0.5) is 8.78 Å². The summed E-state index contributed by atoms with van der Waals surface area (Å²) < 4.78 is 25.7. The molecule has 1 aliphatic heterocycles. The lowest BCUT2D eigenvalue weighted by atomic mass is 9.89. The minimum absolute atomic E-state index is 0.0755. The molecule has 0 aromatic carbocycles. The first-order valence-electron chi connectivity index (χ1n) is 5.69. The van der Waals surface area contributed by atoms with Gasteiger partial charge in [-0.2, -0.15) is 0 Å². The molecule has 6 heteroatoms. The summed E-state index contributed by atoms with van der Waals surface area (Å²) in [6.45, 7) is 5.13. The molecular formula is C11H20F2N2O2. The van der Waals surface area contributed by atoms with Gasteiger partial charge in [-0.25, -0.2) is 8.78 Å². The van der Waals surface area contributed by atoms with Crippen LogP contribution >= 0.6 is 0 Å². The highest BCUT2D eigenvalue weighted by atomic mass is 19.3. The summed E-state index contributed by atoms with van der Waals surface area (Å²) in [7, 11) is 0. The second-order valence-corrected chi connectivity index (χ2v) is 5.62. The molecule has 0 aliphatic carbocycles. The Kier molecular flexibility index (Phi) is 4.09. The number of hydrogen-bond acceptors (Lipinski definition) is 3. The Morgan fingerprint density at radius 3 is 2.59 bits per heavy atom. The van der Waals surface area contributed by atoms with Gasteiger partial charge in [-0.3, -0.25) is 10.1 Å². The Morgan fingerprint density at radius 2 is 2.18 bits per heavy atom. The number of carbonyl (C=O) groups is 1. The Morgan fingerprint density at radius 1 is 1.59 bits per heavy atom. The molecular weight excluding hydrogens is 230 g/mol. The average Bonchev–Trinajstić information content (AvgIpc) is 2.53. The first-order chi connectivity index (χ1) is 7.62. The van der Waals surface area contributed by atoms with Crippen LogP contribution in [-0.2, 0) is 4.79 Å². The minimum atomic E-state index is -2.81. The van der Waals surface area contributed by atoms with Crippen molar-refractivity contribution in [3.8, 4) is 0 Å². The van der Waals surface area contributed by atoms with E-state index in [1.54, 1.807) is 0 Å². The zero-order chi connectivity index (χ0) is 13.3. The zero-order valence-electron chi connectivity index (χ0n) is 10.4. The lowest BCUT2D eigenvalue weighted by molar-refractivity contribution is -0.124. The van der Waals surface area contributed by atoms with E-state index in [0.29, 0.717) is 0 Å². The van der Waals surface area contributed by atoms with Crippen LogP contribution in [0.25, 0.3) is 0 Å². The van der Waals surface area contributed by atoms with Gasteiger partial charge in [-0.05, 0) is 5.41 Å². The van der Waals surface area contributed by atoms with Gasteiger partial charge in [0.2, 0.25) is 5.91 Å². The number of nitrogens with one attached hydrogen (secondary N) is 2. The predicted octanol–water partition coefficient (Wildman–Crippen LogP) is 0.507. The van der Waals surface area contributed by atoms with Crippen molar-refractivity contribution in [3.05, 3.63) is 0 Å². The third kappa shape index (κ3) is 4.20. The third-order valence-electron chi connectivity index (χ3n) is 2.90. The number of amides is 1. The fourth-order valence-electron chi connectivity index (χ4n) is 1.53. The van der Waals surface area contributed by atoms with E-state index >= 15 is 0 Å². The van der Waals surface area contributed by atoms with Gasteiger partial charge in [0.05, 0.1) is 18.7 Å². The van der Waals surface area contributed by atoms with Gasteiger partial charge in [-0.15, -0.1) is 0 Å². The molecule has 1 fully saturated rings. The lowest BCUT2D eigenvalue weighted by Gasteiger charge is -2.26. The van der Waals surface area contributed by atoms with Crippen LogP contribution < -0.4 is 10.6 Å². The molecule has 2 unspecified atom stereocenters. The molecule has 4 nitrogen and oxygen atoms in total. The second kappa shape index (κ2) is 4.86. The van der Waals surface area contributed by atoms with Crippen LogP contribution in [0.1, 0.15) is 27.2 Å². The molecule has 0 radical (unpaired) electrons. The van der Waals surface area contributed by atoms with Crippen molar-refractivity contribution < 1.29 is 18.7 Å². The number of hydrogen-bond donors (Lipinski definition) is 3. The summed E-state index contributed by atoms with van der Waals surface area (Å²) in [6, 6.07) is -0.864. The Bertz CT molecular complexity index is 290. The van der Waals surface area contributed by atoms with Crippen LogP contribution in [0.15, 0.2) is 0 Å². The number of carbonyl (C=O) groups excluding carboxylic acids is 1. The minimum Gasteiger partial charge on any atom is -0.391 e. The van der Waals surface area contributed by atoms with Crippen molar-refractivity contribution in [1.82, 2.24) is 10.6 Å². The Labute approximate surface area is 99.8 Å². The maximum atomic E-state index is 12.9. The molecule has 1 rings (SSSR count). The van der Waals surface area contributed by atoms with Crippen LogP contribution in [0.2, 0.25) is 0 Å². The van der Waals surface area contributed by atoms with Gasteiger partial charge in [0.1, 0.15) is 0 Å². The highest BCUT2D eigenvalue weighted by Crippen LogP contribution is 2.25. The molecule has 2 atom stereocenters. The van der Waals surface area contributed by atoms with E-state index in [0.717, 1.165) is 0 Å². The van der Waals surface area contributed by atoms with E-state index in [-0.39, 0.29) is 12.0 Å². The molecule has 3 N–H and O–H groups in total. The number of alkyl halides is 2. The van der Waals surface area contributed by atoms with Crippen molar-refractivity contribution in [3.63, 3.8) is 0 Å². The Hall–Kier alpha value is -0.750. The van der Waals surface area contributed by atoms with Crippen molar-refractivity contribution in [2.45, 2.75) is 45.3 Å². The van der Waals surface area contributed by atoms with Crippen LogP contribution in [-0.4, -0.2) is 42.2 Å². The number of aliphatic hydroxyl groups excluding tert-OH is 1. The van der Waals surface area contributed by atoms with Gasteiger partial charge < -0.3 is 10.4 Å². The monoisotopic (exact) mass is 250 g/mol. The van der Waals surface area contributed by atoms with Crippen molar-refractivity contribution in [1.29, 1.82) is 0 Å². The largest absolute Gasteiger partial charge is 0.391 e. The van der Waals surface area contributed by atoms with Gasteiger partial charge in [-0.1, -0.05) is 20.8 Å². The number of aliphatic hydroxyl groups is 1. The summed E-state index contributed by atoms with van der Waals surface area (Å²) in [4.78, 5) is 11.5. The summed E-state index contributed by atoms with van der Waals surface area (Å²) in [5, 5.41) is 14.6. The summed E-state index contributed by atoms with van der Waals surface area (Å²) in [5.41, 5.74) is -0.347. The molecule has 100 valence electrons. The van der Waals surface area contributed by atoms with E-state index in [9.17, 15) is 18.7 Å². The highest BCUT2D eigenvalue weighted by Gasteiger charge is 2.42. The fourth-order valence-corrected chi connectivity index (χ4v) is 1.53. The number of halogens is 2. The van der Waals surface area contributed by atoms with Gasteiger partial charge in [0, 0.05) is 13.0 Å². The highest BCUT2D eigenvalue weighted by molar-refractivity contribution is 5.82. The SMILES string of the molecule is CC(C)(C)C(O)CNC(=O)C1CC(F)(F)CN1. The smallest absolute Gasteiger partial charge is 0.262 e. The first kappa shape index (κ1) is 14.3. The zero-order valence-corrected chi connectivity index (χ0v) is 10.4. The van der Waals surface area contributed by atoms with Crippen molar-refractivity contribution >= 4 is 5.91 Å². The normalized spacial score (nSPS) is 25.6. The summed E-state index contributed by atoms with van der Waals surface area (Å²) in [5.74, 6) is -3.30. The molecule has 0 saturated carbocycles. The van der Waals surface area contributed by atoms with Gasteiger partial charge in [0.15, 0.2) is 0 Å². The Balaban J connectivity index is 2.36. The molecule has 0 spiro atoms. The number of rotatable bonds is 3. The van der Waals surface area contributed by atoms with E-state index in [1.165, 1.54) is 0 Å². The van der Waals surface area contributed by atoms with E-state index in [4.69, 9.17) is 0 Å². The molecule has 1 aliphatic rings. The van der Waals surface area contributed by atoms with Gasteiger partial charge >= 0.3 is 0 Å². The standard InChI is InChI=1S/C11H20F2N2O2/c1-10(2,3)8(16)5-14-9(17)7-4-11(12,13)6-15-7/h7-8,15-16H,4-6H2,1-3H3,(H,14,17). The summed E-state index contributed by atoms with van der Waals surface area (Å²) >= 11 is 0. The summed E-state index contributed by atoms with van der Waals surface area (Å²) in [6.07, 6.45) is -1.18. The average molecular weight is 250 g/mol. The predicted molar refractivity (Wildman–Crippen MR) is 59.8 cm³/mol. The van der Waals surface area contributed by atoms with E-state index in [2.05, 4.69) is 10.6 Å². The maximum Gasteiger partial charge on any atom is 0.262 e. The maximum absolute atomic E-state index is 12.9. The van der Waals surface area contributed by atoms with E-state index < -0.39 is 36.9 Å². The topological polar surface area (TPSA) is 61.4 Å².